The lowest BCUT2D eigenvalue weighted by molar-refractivity contribution is 0.221. The first-order valence-corrected chi connectivity index (χ1v) is 5.74. The molecule has 16 heavy (non-hydrogen) atoms. The first-order chi connectivity index (χ1) is 7.62. The molecule has 0 spiro atoms. The lowest BCUT2D eigenvalue weighted by atomic mass is 9.88. The van der Waals surface area contributed by atoms with E-state index in [0.29, 0.717) is 6.42 Å². The summed E-state index contributed by atoms with van der Waals surface area (Å²) in [7, 11) is 0. The zero-order chi connectivity index (χ0) is 12.0. The van der Waals surface area contributed by atoms with Crippen LogP contribution in [0.1, 0.15) is 32.3 Å². The molecule has 1 aromatic rings. The third kappa shape index (κ3) is 3.29. The van der Waals surface area contributed by atoms with Crippen LogP contribution in [-0.2, 0) is 5.54 Å². The van der Waals surface area contributed by atoms with Gasteiger partial charge >= 0.3 is 0 Å². The number of aliphatic hydroxyl groups is 1. The molecule has 0 fully saturated rings. The standard InChI is InChI=1S/C13H20FNO/c1-3-9-15-13(2,8-10-16)11-4-6-12(14)7-5-11/h4-7,15-16H,3,8-10H2,1-2H3. The number of aliphatic hydroxyl groups excluding tert-OH is 1. The molecular formula is C13H20FNO. The van der Waals surface area contributed by atoms with Gasteiger partial charge in [-0.2, -0.15) is 0 Å². The van der Waals surface area contributed by atoms with Crippen molar-refractivity contribution >= 4 is 0 Å². The number of hydrogen-bond donors (Lipinski definition) is 2. The Bertz CT molecular complexity index is 312. The summed E-state index contributed by atoms with van der Waals surface area (Å²) in [5.41, 5.74) is 0.731. The van der Waals surface area contributed by atoms with Crippen molar-refractivity contribution in [1.29, 1.82) is 0 Å². The average Bonchev–Trinajstić information content (AvgIpc) is 2.27. The molecule has 0 amide bonds. The number of nitrogens with one attached hydrogen (secondary N) is 1. The van der Waals surface area contributed by atoms with Crippen molar-refractivity contribution < 1.29 is 9.50 Å². The quantitative estimate of drug-likeness (QED) is 0.779. The number of rotatable bonds is 6. The molecule has 0 aliphatic carbocycles. The van der Waals surface area contributed by atoms with Gasteiger partial charge in [0.05, 0.1) is 0 Å². The van der Waals surface area contributed by atoms with Gasteiger partial charge in [-0.3, -0.25) is 0 Å². The largest absolute Gasteiger partial charge is 0.396 e. The fourth-order valence-electron chi connectivity index (χ4n) is 1.78. The Morgan fingerprint density at radius 3 is 2.44 bits per heavy atom. The molecule has 0 aliphatic heterocycles. The molecule has 0 radical (unpaired) electrons. The van der Waals surface area contributed by atoms with E-state index in [2.05, 4.69) is 12.2 Å². The van der Waals surface area contributed by atoms with Gasteiger partial charge in [-0.1, -0.05) is 19.1 Å². The van der Waals surface area contributed by atoms with E-state index in [0.717, 1.165) is 18.5 Å². The van der Waals surface area contributed by atoms with E-state index >= 15 is 0 Å². The Morgan fingerprint density at radius 2 is 1.94 bits per heavy atom. The summed E-state index contributed by atoms with van der Waals surface area (Å²) in [6, 6.07) is 6.46. The van der Waals surface area contributed by atoms with Gasteiger partial charge in [0, 0.05) is 12.1 Å². The fourth-order valence-corrected chi connectivity index (χ4v) is 1.78. The van der Waals surface area contributed by atoms with Crippen molar-refractivity contribution in [1.82, 2.24) is 5.32 Å². The summed E-state index contributed by atoms with van der Waals surface area (Å²) in [5.74, 6) is -0.231. The Morgan fingerprint density at radius 1 is 1.31 bits per heavy atom. The van der Waals surface area contributed by atoms with Gasteiger partial charge in [-0.05, 0) is 44.0 Å². The van der Waals surface area contributed by atoms with Gasteiger partial charge in [0.25, 0.3) is 0 Å². The minimum Gasteiger partial charge on any atom is -0.396 e. The zero-order valence-corrected chi connectivity index (χ0v) is 9.96. The van der Waals surface area contributed by atoms with E-state index in [4.69, 9.17) is 5.11 Å². The van der Waals surface area contributed by atoms with E-state index in [9.17, 15) is 4.39 Å². The molecule has 2 nitrogen and oxygen atoms in total. The molecule has 0 saturated carbocycles. The number of benzene rings is 1. The fraction of sp³-hybridized carbons (Fsp3) is 0.538. The first kappa shape index (κ1) is 13.1. The molecule has 0 aliphatic rings. The molecule has 1 aromatic carbocycles. The molecule has 1 rings (SSSR count). The molecule has 3 heteroatoms. The Labute approximate surface area is 96.5 Å². The van der Waals surface area contributed by atoms with Crippen molar-refractivity contribution in [2.75, 3.05) is 13.2 Å². The van der Waals surface area contributed by atoms with Crippen LogP contribution >= 0.6 is 0 Å². The van der Waals surface area contributed by atoms with E-state index in [1.807, 2.05) is 6.92 Å². The van der Waals surface area contributed by atoms with E-state index < -0.39 is 0 Å². The summed E-state index contributed by atoms with van der Waals surface area (Å²) in [5, 5.41) is 12.5. The van der Waals surface area contributed by atoms with Crippen LogP contribution in [-0.4, -0.2) is 18.3 Å². The van der Waals surface area contributed by atoms with Gasteiger partial charge in [0.2, 0.25) is 0 Å². The summed E-state index contributed by atoms with van der Waals surface area (Å²) in [6.45, 7) is 5.13. The summed E-state index contributed by atoms with van der Waals surface area (Å²) in [6.07, 6.45) is 1.65. The molecule has 0 heterocycles. The van der Waals surface area contributed by atoms with Crippen LogP contribution in [0.4, 0.5) is 4.39 Å². The third-order valence-electron chi connectivity index (χ3n) is 2.86. The topological polar surface area (TPSA) is 32.3 Å². The number of hydrogen-bond acceptors (Lipinski definition) is 2. The Balaban J connectivity index is 2.86. The second-order valence-electron chi connectivity index (χ2n) is 4.24. The van der Waals surface area contributed by atoms with Crippen LogP contribution in [0.15, 0.2) is 24.3 Å². The second kappa shape index (κ2) is 5.97. The van der Waals surface area contributed by atoms with Crippen LogP contribution in [0.3, 0.4) is 0 Å². The van der Waals surface area contributed by atoms with Crippen LogP contribution in [0.5, 0.6) is 0 Å². The normalized spacial score (nSPS) is 14.8. The van der Waals surface area contributed by atoms with Crippen LogP contribution in [0, 0.1) is 5.82 Å². The highest BCUT2D eigenvalue weighted by molar-refractivity contribution is 5.24. The smallest absolute Gasteiger partial charge is 0.123 e. The SMILES string of the molecule is CCCNC(C)(CCO)c1ccc(F)cc1. The lowest BCUT2D eigenvalue weighted by Gasteiger charge is -2.31. The molecule has 0 bridgehead atoms. The molecule has 90 valence electrons. The van der Waals surface area contributed by atoms with Gasteiger partial charge in [0.1, 0.15) is 5.82 Å². The monoisotopic (exact) mass is 225 g/mol. The third-order valence-corrected chi connectivity index (χ3v) is 2.86. The molecule has 0 saturated heterocycles. The molecule has 1 unspecified atom stereocenters. The Hall–Kier alpha value is -0.930. The summed E-state index contributed by atoms with van der Waals surface area (Å²) >= 11 is 0. The van der Waals surface area contributed by atoms with Gasteiger partial charge in [0.15, 0.2) is 0 Å². The first-order valence-electron chi connectivity index (χ1n) is 5.74. The van der Waals surface area contributed by atoms with Gasteiger partial charge < -0.3 is 10.4 Å². The van der Waals surface area contributed by atoms with Crippen LogP contribution < -0.4 is 5.32 Å². The molecule has 1 atom stereocenters. The maximum Gasteiger partial charge on any atom is 0.123 e. The maximum atomic E-state index is 12.8. The van der Waals surface area contributed by atoms with Crippen molar-refractivity contribution in [3.63, 3.8) is 0 Å². The zero-order valence-electron chi connectivity index (χ0n) is 9.96. The van der Waals surface area contributed by atoms with Crippen LogP contribution in [0.2, 0.25) is 0 Å². The van der Waals surface area contributed by atoms with Crippen molar-refractivity contribution in [2.45, 2.75) is 32.2 Å². The van der Waals surface area contributed by atoms with Gasteiger partial charge in [-0.15, -0.1) is 0 Å². The predicted octanol–water partition coefficient (Wildman–Crippen LogP) is 2.42. The average molecular weight is 225 g/mol. The van der Waals surface area contributed by atoms with E-state index in [-0.39, 0.29) is 18.0 Å². The lowest BCUT2D eigenvalue weighted by Crippen LogP contribution is -2.40. The van der Waals surface area contributed by atoms with Crippen LogP contribution in [0.25, 0.3) is 0 Å². The Kier molecular flexibility index (Phi) is 4.90. The number of halogens is 1. The molecular weight excluding hydrogens is 205 g/mol. The molecule has 2 N–H and O–H groups in total. The second-order valence-corrected chi connectivity index (χ2v) is 4.24. The van der Waals surface area contributed by atoms with E-state index in [1.54, 1.807) is 12.1 Å². The maximum absolute atomic E-state index is 12.8. The predicted molar refractivity (Wildman–Crippen MR) is 63.7 cm³/mol. The summed E-state index contributed by atoms with van der Waals surface area (Å²) in [4.78, 5) is 0. The van der Waals surface area contributed by atoms with Gasteiger partial charge in [-0.25, -0.2) is 4.39 Å². The highest BCUT2D eigenvalue weighted by Gasteiger charge is 2.24. The van der Waals surface area contributed by atoms with Crippen molar-refractivity contribution in [3.05, 3.63) is 35.6 Å². The minimum absolute atomic E-state index is 0.116. The highest BCUT2D eigenvalue weighted by atomic mass is 19.1. The minimum atomic E-state index is -0.279. The molecule has 0 aromatic heterocycles. The van der Waals surface area contributed by atoms with Crippen molar-refractivity contribution in [3.8, 4) is 0 Å². The summed E-state index contributed by atoms with van der Waals surface area (Å²) < 4.78 is 12.8. The highest BCUT2D eigenvalue weighted by Crippen LogP contribution is 2.24. The van der Waals surface area contributed by atoms with Crippen molar-refractivity contribution in [2.24, 2.45) is 0 Å². The van der Waals surface area contributed by atoms with E-state index in [1.165, 1.54) is 12.1 Å².